The van der Waals surface area contributed by atoms with E-state index in [-0.39, 0.29) is 29.7 Å². The van der Waals surface area contributed by atoms with Gasteiger partial charge in [-0.3, -0.25) is 0 Å². The highest BCUT2D eigenvalue weighted by molar-refractivity contribution is 5.75. The Bertz CT molecular complexity index is 428. The lowest BCUT2D eigenvalue weighted by Gasteiger charge is -2.56. The molecule has 22 heavy (non-hydrogen) atoms. The predicted molar refractivity (Wildman–Crippen MR) is 84.6 cm³/mol. The minimum absolute atomic E-state index is 0.0353. The number of likely N-dealkylation sites (tertiary alicyclic amines) is 1. The monoisotopic (exact) mass is 308 g/mol. The maximum atomic E-state index is 12.4. The first kappa shape index (κ1) is 15.8. The zero-order valence-electron chi connectivity index (χ0n) is 13.5. The minimum Gasteiger partial charge on any atom is -0.392 e. The smallest absolute Gasteiger partial charge is 0.317 e. The molecule has 124 valence electrons. The molecule has 2 amide bonds. The minimum atomic E-state index is -0.268. The van der Waals surface area contributed by atoms with E-state index in [0.29, 0.717) is 19.7 Å². The van der Waals surface area contributed by atoms with Gasteiger partial charge in [0.15, 0.2) is 0 Å². The van der Waals surface area contributed by atoms with Crippen LogP contribution in [0.1, 0.15) is 45.4 Å². The summed E-state index contributed by atoms with van der Waals surface area (Å²) < 4.78 is 5.77. The third kappa shape index (κ3) is 2.88. The van der Waals surface area contributed by atoms with Crippen LogP contribution in [-0.2, 0) is 4.74 Å². The van der Waals surface area contributed by atoms with Gasteiger partial charge in [0.05, 0.1) is 12.2 Å². The van der Waals surface area contributed by atoms with Gasteiger partial charge >= 0.3 is 6.03 Å². The molecular formula is C17H28N2O3. The summed E-state index contributed by atoms with van der Waals surface area (Å²) in [6, 6.07) is 0.218. The molecule has 5 heteroatoms. The zero-order chi connectivity index (χ0) is 15.6. The van der Waals surface area contributed by atoms with Gasteiger partial charge in [0.1, 0.15) is 0 Å². The molecule has 0 bridgehead atoms. The molecule has 1 spiro atoms. The number of carbonyl (C=O) groups excluding carboxylic acids is 1. The number of aliphatic hydroxyl groups is 1. The molecule has 2 aliphatic carbocycles. The standard InChI is InChI=1S/C17H28N2O3/c1-2-22-15-12-14(20)17(15)8-10-19(11-9-17)16(21)18-13-6-4-3-5-7-13/h4,6,13-15,20H,2-3,5,7-12H2,1H3,(H,18,21)/t13-,14-,15+/m0/s1. The van der Waals surface area contributed by atoms with Crippen molar-refractivity contribution in [2.75, 3.05) is 19.7 Å². The average molecular weight is 308 g/mol. The lowest BCUT2D eigenvalue weighted by molar-refractivity contribution is -0.207. The summed E-state index contributed by atoms with van der Waals surface area (Å²) >= 11 is 0. The SMILES string of the molecule is CCO[C@@H]1C[C@H](O)C12CCN(C(=O)N[C@H]1C=CCCC1)CC2. The first-order chi connectivity index (χ1) is 10.7. The van der Waals surface area contributed by atoms with E-state index in [4.69, 9.17) is 4.74 Å². The Morgan fingerprint density at radius 2 is 2.23 bits per heavy atom. The fourth-order valence-electron chi connectivity index (χ4n) is 4.13. The first-order valence-electron chi connectivity index (χ1n) is 8.67. The molecular weight excluding hydrogens is 280 g/mol. The van der Waals surface area contributed by atoms with Crippen LogP contribution in [0.5, 0.6) is 0 Å². The molecule has 0 radical (unpaired) electrons. The number of nitrogens with zero attached hydrogens (tertiary/aromatic N) is 1. The van der Waals surface area contributed by atoms with Crippen molar-refractivity contribution >= 4 is 6.03 Å². The second kappa shape index (κ2) is 6.59. The van der Waals surface area contributed by atoms with Gasteiger partial charge in [-0.1, -0.05) is 12.2 Å². The molecule has 2 N–H and O–H groups in total. The number of ether oxygens (including phenoxy) is 1. The summed E-state index contributed by atoms with van der Waals surface area (Å²) in [5.41, 5.74) is -0.114. The summed E-state index contributed by atoms with van der Waals surface area (Å²) in [7, 11) is 0. The van der Waals surface area contributed by atoms with Crippen LogP contribution < -0.4 is 5.32 Å². The predicted octanol–water partition coefficient (Wildman–Crippen LogP) is 2.06. The van der Waals surface area contributed by atoms with E-state index in [1.165, 1.54) is 0 Å². The van der Waals surface area contributed by atoms with Gasteiger partial charge in [0.2, 0.25) is 0 Å². The number of carbonyl (C=O) groups is 1. The van der Waals surface area contributed by atoms with Gasteiger partial charge in [0, 0.05) is 37.6 Å². The van der Waals surface area contributed by atoms with Crippen molar-refractivity contribution in [3.63, 3.8) is 0 Å². The van der Waals surface area contributed by atoms with Crippen LogP contribution in [0.4, 0.5) is 4.79 Å². The van der Waals surface area contributed by atoms with E-state index < -0.39 is 0 Å². The van der Waals surface area contributed by atoms with Crippen molar-refractivity contribution in [3.8, 4) is 0 Å². The van der Waals surface area contributed by atoms with Crippen LogP contribution in [0, 0.1) is 5.41 Å². The van der Waals surface area contributed by atoms with E-state index in [1.54, 1.807) is 0 Å². The average Bonchev–Trinajstić information content (AvgIpc) is 2.56. The molecule has 3 atom stereocenters. The molecule has 1 heterocycles. The Balaban J connectivity index is 1.51. The van der Waals surface area contributed by atoms with Crippen LogP contribution in [0.3, 0.4) is 0 Å². The number of urea groups is 1. The van der Waals surface area contributed by atoms with Crippen molar-refractivity contribution in [1.82, 2.24) is 10.2 Å². The normalized spacial score (nSPS) is 33.5. The Labute approximate surface area is 132 Å². The molecule has 0 aromatic heterocycles. The molecule has 0 unspecified atom stereocenters. The topological polar surface area (TPSA) is 61.8 Å². The number of hydrogen-bond acceptors (Lipinski definition) is 3. The molecule has 2 fully saturated rings. The van der Waals surface area contributed by atoms with E-state index in [9.17, 15) is 9.90 Å². The molecule has 1 aliphatic heterocycles. The number of rotatable bonds is 3. The molecule has 1 saturated heterocycles. The largest absolute Gasteiger partial charge is 0.392 e. The van der Waals surface area contributed by atoms with Crippen molar-refractivity contribution in [2.45, 2.75) is 63.7 Å². The Hall–Kier alpha value is -1.07. The third-order valence-corrected chi connectivity index (χ3v) is 5.65. The molecule has 0 aromatic carbocycles. The van der Waals surface area contributed by atoms with E-state index in [2.05, 4.69) is 17.5 Å². The molecule has 1 saturated carbocycles. The lowest BCUT2D eigenvalue weighted by Crippen LogP contribution is -2.63. The van der Waals surface area contributed by atoms with Crippen LogP contribution in [0.25, 0.3) is 0 Å². The van der Waals surface area contributed by atoms with Gasteiger partial charge in [-0.2, -0.15) is 0 Å². The second-order valence-electron chi connectivity index (χ2n) is 6.83. The van der Waals surface area contributed by atoms with Crippen molar-refractivity contribution in [1.29, 1.82) is 0 Å². The number of aliphatic hydroxyl groups excluding tert-OH is 1. The van der Waals surface area contributed by atoms with Crippen LogP contribution in [0.2, 0.25) is 0 Å². The fraction of sp³-hybridized carbons (Fsp3) is 0.824. The number of allylic oxidation sites excluding steroid dienone is 1. The zero-order valence-corrected chi connectivity index (χ0v) is 13.5. The Kier molecular flexibility index (Phi) is 4.73. The molecule has 3 aliphatic rings. The molecule has 0 aromatic rings. The highest BCUT2D eigenvalue weighted by atomic mass is 16.5. The Morgan fingerprint density at radius 1 is 1.45 bits per heavy atom. The first-order valence-corrected chi connectivity index (χ1v) is 8.67. The summed E-state index contributed by atoms with van der Waals surface area (Å²) in [5.74, 6) is 0. The van der Waals surface area contributed by atoms with E-state index >= 15 is 0 Å². The van der Waals surface area contributed by atoms with Gasteiger partial charge in [-0.15, -0.1) is 0 Å². The van der Waals surface area contributed by atoms with E-state index in [0.717, 1.165) is 38.5 Å². The quantitative estimate of drug-likeness (QED) is 0.785. The number of hydrogen-bond donors (Lipinski definition) is 2. The second-order valence-corrected chi connectivity index (χ2v) is 6.83. The Morgan fingerprint density at radius 3 is 2.82 bits per heavy atom. The summed E-state index contributed by atoms with van der Waals surface area (Å²) in [6.07, 6.45) is 9.87. The number of nitrogens with one attached hydrogen (secondary N) is 1. The maximum Gasteiger partial charge on any atom is 0.317 e. The van der Waals surface area contributed by atoms with Crippen molar-refractivity contribution < 1.29 is 14.6 Å². The van der Waals surface area contributed by atoms with Crippen LogP contribution >= 0.6 is 0 Å². The molecule has 5 nitrogen and oxygen atoms in total. The number of piperidine rings is 1. The van der Waals surface area contributed by atoms with Crippen LogP contribution in [-0.4, -0.2) is 54.0 Å². The highest BCUT2D eigenvalue weighted by Crippen LogP contribution is 2.50. The van der Waals surface area contributed by atoms with Gasteiger partial charge in [0.25, 0.3) is 0 Å². The maximum absolute atomic E-state index is 12.4. The highest BCUT2D eigenvalue weighted by Gasteiger charge is 2.56. The summed E-state index contributed by atoms with van der Waals surface area (Å²) in [5, 5.41) is 13.3. The van der Waals surface area contributed by atoms with E-state index in [1.807, 2.05) is 11.8 Å². The third-order valence-electron chi connectivity index (χ3n) is 5.65. The summed E-state index contributed by atoms with van der Waals surface area (Å²) in [6.45, 7) is 4.11. The van der Waals surface area contributed by atoms with Crippen LogP contribution in [0.15, 0.2) is 12.2 Å². The molecule has 3 rings (SSSR count). The van der Waals surface area contributed by atoms with Crippen molar-refractivity contribution in [2.24, 2.45) is 5.41 Å². The number of amides is 2. The van der Waals surface area contributed by atoms with Gasteiger partial charge < -0.3 is 20.1 Å². The van der Waals surface area contributed by atoms with Crippen molar-refractivity contribution in [3.05, 3.63) is 12.2 Å². The van der Waals surface area contributed by atoms with Gasteiger partial charge in [-0.25, -0.2) is 4.79 Å². The fourth-order valence-corrected chi connectivity index (χ4v) is 4.13. The lowest BCUT2D eigenvalue weighted by atomic mass is 9.58. The summed E-state index contributed by atoms with van der Waals surface area (Å²) in [4.78, 5) is 14.3. The van der Waals surface area contributed by atoms with Gasteiger partial charge in [-0.05, 0) is 39.0 Å².